The Kier molecular flexibility index (Phi) is 4.79. The van der Waals surface area contributed by atoms with Crippen molar-refractivity contribution in [2.45, 2.75) is 6.92 Å². The number of halogens is 1. The van der Waals surface area contributed by atoms with E-state index in [0.717, 1.165) is 16.0 Å². The molecule has 6 nitrogen and oxygen atoms in total. The number of hydrogen-bond donors (Lipinski definition) is 2. The first kappa shape index (κ1) is 17.3. The summed E-state index contributed by atoms with van der Waals surface area (Å²) in [6.45, 7) is 1.40. The fourth-order valence-corrected chi connectivity index (χ4v) is 2.54. The molecule has 132 valence electrons. The molecule has 1 fully saturated rings. The molecule has 1 heterocycles. The molecule has 0 aromatic heterocycles. The Labute approximate surface area is 149 Å². The highest BCUT2D eigenvalue weighted by molar-refractivity contribution is 6.15. The third-order valence-corrected chi connectivity index (χ3v) is 3.77. The third kappa shape index (κ3) is 3.77. The lowest BCUT2D eigenvalue weighted by Crippen LogP contribution is -2.38. The van der Waals surface area contributed by atoms with Gasteiger partial charge in [-0.2, -0.15) is 0 Å². The molecule has 0 radical (unpaired) electrons. The maximum Gasteiger partial charge on any atom is 0.329 e. The van der Waals surface area contributed by atoms with Gasteiger partial charge < -0.3 is 10.6 Å². The summed E-state index contributed by atoms with van der Waals surface area (Å²) in [5.74, 6) is -1.88. The molecule has 4 amide bonds. The van der Waals surface area contributed by atoms with E-state index < -0.39 is 30.2 Å². The molecule has 0 unspecified atom stereocenters. The number of urea groups is 1. The topological polar surface area (TPSA) is 78.5 Å². The standard InChI is InChI=1S/C19H16FN3O3/c1-12-5-4-6-13(9-12)10-16-18(25)23(19(26)22-16)11-17(24)21-15-8-3-2-7-14(15)20/h2-10H,11H2,1H3,(H,21,24)(H,22,26)/b16-10+. The molecule has 2 N–H and O–H groups in total. The van der Waals surface area contributed by atoms with Crippen molar-refractivity contribution in [1.29, 1.82) is 0 Å². The van der Waals surface area contributed by atoms with Gasteiger partial charge in [-0.1, -0.05) is 42.0 Å². The minimum atomic E-state index is -0.697. The zero-order valence-corrected chi connectivity index (χ0v) is 14.0. The van der Waals surface area contributed by atoms with E-state index in [1.807, 2.05) is 25.1 Å². The number of benzene rings is 2. The summed E-state index contributed by atoms with van der Waals surface area (Å²) in [5.41, 5.74) is 1.84. The second kappa shape index (κ2) is 7.18. The van der Waals surface area contributed by atoms with Crippen molar-refractivity contribution in [3.63, 3.8) is 0 Å². The van der Waals surface area contributed by atoms with Crippen molar-refractivity contribution in [2.75, 3.05) is 11.9 Å². The quantitative estimate of drug-likeness (QED) is 0.655. The fourth-order valence-electron chi connectivity index (χ4n) is 2.54. The smallest absolute Gasteiger partial charge is 0.322 e. The van der Waals surface area contributed by atoms with Gasteiger partial charge in [-0.15, -0.1) is 0 Å². The molecular weight excluding hydrogens is 337 g/mol. The van der Waals surface area contributed by atoms with Crippen molar-refractivity contribution >= 4 is 29.6 Å². The molecule has 0 atom stereocenters. The first-order chi connectivity index (χ1) is 12.4. The number of hydrogen-bond acceptors (Lipinski definition) is 3. The normalized spacial score (nSPS) is 15.3. The van der Waals surface area contributed by atoms with Gasteiger partial charge in [-0.3, -0.25) is 9.59 Å². The molecule has 7 heteroatoms. The van der Waals surface area contributed by atoms with E-state index in [1.165, 1.54) is 18.2 Å². The predicted molar refractivity (Wildman–Crippen MR) is 94.4 cm³/mol. The Bertz CT molecular complexity index is 924. The molecule has 3 rings (SSSR count). The van der Waals surface area contributed by atoms with Gasteiger partial charge in [-0.25, -0.2) is 14.1 Å². The summed E-state index contributed by atoms with van der Waals surface area (Å²) in [7, 11) is 0. The highest BCUT2D eigenvalue weighted by Crippen LogP contribution is 2.16. The maximum atomic E-state index is 13.6. The van der Waals surface area contributed by atoms with Gasteiger partial charge in [0.05, 0.1) is 5.69 Å². The summed E-state index contributed by atoms with van der Waals surface area (Å²) in [6.07, 6.45) is 1.54. The zero-order chi connectivity index (χ0) is 18.7. The van der Waals surface area contributed by atoms with Gasteiger partial charge in [0.15, 0.2) is 0 Å². The molecule has 1 saturated heterocycles. The van der Waals surface area contributed by atoms with Crippen LogP contribution in [-0.4, -0.2) is 29.3 Å². The number of imide groups is 1. The zero-order valence-electron chi connectivity index (χ0n) is 14.0. The van der Waals surface area contributed by atoms with E-state index in [2.05, 4.69) is 10.6 Å². The Hall–Kier alpha value is -3.48. The van der Waals surface area contributed by atoms with E-state index in [-0.39, 0.29) is 11.4 Å². The lowest BCUT2D eigenvalue weighted by molar-refractivity contribution is -0.127. The highest BCUT2D eigenvalue weighted by Gasteiger charge is 2.34. The highest BCUT2D eigenvalue weighted by atomic mass is 19.1. The van der Waals surface area contributed by atoms with Crippen molar-refractivity contribution < 1.29 is 18.8 Å². The summed E-state index contributed by atoms with van der Waals surface area (Å²) in [4.78, 5) is 37.2. The third-order valence-electron chi connectivity index (χ3n) is 3.77. The van der Waals surface area contributed by atoms with E-state index in [9.17, 15) is 18.8 Å². The van der Waals surface area contributed by atoms with E-state index in [1.54, 1.807) is 18.2 Å². The monoisotopic (exact) mass is 353 g/mol. The van der Waals surface area contributed by atoms with Gasteiger partial charge in [-0.05, 0) is 30.7 Å². The number of anilines is 1. The number of aryl methyl sites for hydroxylation is 1. The van der Waals surface area contributed by atoms with Gasteiger partial charge in [0, 0.05) is 0 Å². The van der Waals surface area contributed by atoms with Crippen LogP contribution in [-0.2, 0) is 9.59 Å². The largest absolute Gasteiger partial charge is 0.329 e. The molecule has 0 spiro atoms. The number of nitrogens with one attached hydrogen (secondary N) is 2. The lowest BCUT2D eigenvalue weighted by atomic mass is 10.1. The lowest BCUT2D eigenvalue weighted by Gasteiger charge is -2.12. The summed E-state index contributed by atoms with van der Waals surface area (Å²) in [5, 5.41) is 4.79. The minimum absolute atomic E-state index is 0.0138. The number of carbonyl (C=O) groups is 3. The molecule has 1 aliphatic heterocycles. The molecular formula is C19H16FN3O3. The molecule has 2 aromatic carbocycles. The maximum absolute atomic E-state index is 13.6. The number of rotatable bonds is 4. The van der Waals surface area contributed by atoms with Gasteiger partial charge in [0.25, 0.3) is 5.91 Å². The summed E-state index contributed by atoms with van der Waals surface area (Å²) < 4.78 is 13.6. The van der Waals surface area contributed by atoms with Crippen LogP contribution >= 0.6 is 0 Å². The molecule has 0 bridgehead atoms. The summed E-state index contributed by atoms with van der Waals surface area (Å²) in [6, 6.07) is 12.4. The van der Waals surface area contributed by atoms with Crippen LogP contribution in [0.1, 0.15) is 11.1 Å². The Morgan fingerprint density at radius 2 is 1.96 bits per heavy atom. The predicted octanol–water partition coefficient (Wildman–Crippen LogP) is 2.67. The number of carbonyl (C=O) groups excluding carboxylic acids is 3. The number of para-hydroxylation sites is 1. The van der Waals surface area contributed by atoms with E-state index in [0.29, 0.717) is 0 Å². The van der Waals surface area contributed by atoms with Crippen molar-refractivity contribution in [3.8, 4) is 0 Å². The van der Waals surface area contributed by atoms with Crippen molar-refractivity contribution in [3.05, 3.63) is 71.2 Å². The molecule has 0 aliphatic carbocycles. The fraction of sp³-hybridized carbons (Fsp3) is 0.105. The number of nitrogens with zero attached hydrogens (tertiary/aromatic N) is 1. The Morgan fingerprint density at radius 1 is 1.19 bits per heavy atom. The molecule has 26 heavy (non-hydrogen) atoms. The second-order valence-corrected chi connectivity index (χ2v) is 5.82. The second-order valence-electron chi connectivity index (χ2n) is 5.82. The van der Waals surface area contributed by atoms with Crippen LogP contribution in [0.2, 0.25) is 0 Å². The molecule has 1 aliphatic rings. The van der Waals surface area contributed by atoms with Crippen LogP contribution in [0, 0.1) is 12.7 Å². The molecule has 2 aromatic rings. The van der Waals surface area contributed by atoms with Crippen LogP contribution in [0.25, 0.3) is 6.08 Å². The first-order valence-corrected chi connectivity index (χ1v) is 7.89. The Morgan fingerprint density at radius 3 is 2.69 bits per heavy atom. The Balaban J connectivity index is 1.71. The van der Waals surface area contributed by atoms with E-state index in [4.69, 9.17) is 0 Å². The van der Waals surface area contributed by atoms with Gasteiger partial charge in [0.2, 0.25) is 5.91 Å². The van der Waals surface area contributed by atoms with Crippen LogP contribution in [0.4, 0.5) is 14.9 Å². The van der Waals surface area contributed by atoms with E-state index >= 15 is 0 Å². The van der Waals surface area contributed by atoms with Crippen LogP contribution in [0.15, 0.2) is 54.2 Å². The van der Waals surface area contributed by atoms with Crippen molar-refractivity contribution in [2.24, 2.45) is 0 Å². The first-order valence-electron chi connectivity index (χ1n) is 7.89. The number of amides is 4. The van der Waals surface area contributed by atoms with Gasteiger partial charge >= 0.3 is 6.03 Å². The minimum Gasteiger partial charge on any atom is -0.322 e. The molecule has 0 saturated carbocycles. The van der Waals surface area contributed by atoms with Crippen LogP contribution in [0.3, 0.4) is 0 Å². The van der Waals surface area contributed by atoms with Crippen molar-refractivity contribution in [1.82, 2.24) is 10.2 Å². The van der Waals surface area contributed by atoms with Crippen LogP contribution < -0.4 is 10.6 Å². The summed E-state index contributed by atoms with van der Waals surface area (Å²) >= 11 is 0. The average Bonchev–Trinajstić information content (AvgIpc) is 2.84. The van der Waals surface area contributed by atoms with Crippen LogP contribution in [0.5, 0.6) is 0 Å². The average molecular weight is 353 g/mol. The SMILES string of the molecule is Cc1cccc(/C=C2/NC(=O)N(CC(=O)Nc3ccccc3F)C2=O)c1. The van der Waals surface area contributed by atoms with Gasteiger partial charge in [0.1, 0.15) is 18.1 Å².